The fraction of sp³-hybridized carbons (Fsp3) is 0.444. The van der Waals surface area contributed by atoms with Gasteiger partial charge in [-0.05, 0) is 18.8 Å². The fourth-order valence-corrected chi connectivity index (χ4v) is 1.45. The van der Waals surface area contributed by atoms with Crippen molar-refractivity contribution in [2.24, 2.45) is 0 Å². The minimum absolute atomic E-state index is 0.497. The third kappa shape index (κ3) is 1.39. The second kappa shape index (κ2) is 2.94. The first-order valence-electron chi connectivity index (χ1n) is 4.00. The highest BCUT2D eigenvalue weighted by atomic mass is 35.5. The topological polar surface area (TPSA) is 22.1 Å². The highest BCUT2D eigenvalue weighted by molar-refractivity contribution is 6.29. The lowest BCUT2D eigenvalue weighted by atomic mass is 10.2. The summed E-state index contributed by atoms with van der Waals surface area (Å²) in [5, 5.41) is 0.497. The van der Waals surface area contributed by atoms with E-state index in [4.69, 9.17) is 16.3 Å². The Labute approximate surface area is 76.5 Å². The molecule has 1 heterocycles. The van der Waals surface area contributed by atoms with Crippen molar-refractivity contribution in [3.8, 4) is 5.75 Å². The van der Waals surface area contributed by atoms with E-state index in [0.717, 1.165) is 5.75 Å². The second-order valence-electron chi connectivity index (χ2n) is 3.02. The molecule has 0 aromatic carbocycles. The van der Waals surface area contributed by atoms with Crippen molar-refractivity contribution in [2.45, 2.75) is 18.8 Å². The van der Waals surface area contributed by atoms with E-state index in [9.17, 15) is 0 Å². The molecule has 2 rings (SSSR count). The highest BCUT2D eigenvalue weighted by Crippen LogP contribution is 2.44. The number of ether oxygens (including phenoxy) is 1. The van der Waals surface area contributed by atoms with E-state index in [2.05, 4.69) is 4.98 Å². The lowest BCUT2D eigenvalue weighted by Crippen LogP contribution is -1.91. The average Bonchev–Trinajstić information content (AvgIpc) is 2.87. The molecule has 0 aliphatic heterocycles. The summed E-state index contributed by atoms with van der Waals surface area (Å²) in [6.07, 6.45) is 4.32. The number of halogens is 1. The molecule has 0 atom stereocenters. The molecule has 0 spiro atoms. The Bertz CT molecular complexity index is 297. The summed E-state index contributed by atoms with van der Waals surface area (Å²) >= 11 is 5.73. The van der Waals surface area contributed by atoms with Crippen LogP contribution in [-0.2, 0) is 0 Å². The van der Waals surface area contributed by atoms with Gasteiger partial charge in [-0.15, -0.1) is 0 Å². The van der Waals surface area contributed by atoms with E-state index in [1.54, 1.807) is 13.2 Å². The van der Waals surface area contributed by atoms with E-state index >= 15 is 0 Å². The lowest BCUT2D eigenvalue weighted by Gasteiger charge is -2.05. The first kappa shape index (κ1) is 7.87. The van der Waals surface area contributed by atoms with Gasteiger partial charge in [-0.2, -0.15) is 0 Å². The van der Waals surface area contributed by atoms with Crippen molar-refractivity contribution < 1.29 is 4.74 Å². The Hall–Kier alpha value is -0.760. The van der Waals surface area contributed by atoms with Crippen LogP contribution in [0.25, 0.3) is 0 Å². The van der Waals surface area contributed by atoms with Crippen LogP contribution in [0.15, 0.2) is 12.3 Å². The van der Waals surface area contributed by atoms with Gasteiger partial charge in [-0.1, -0.05) is 11.6 Å². The molecule has 0 saturated heterocycles. The zero-order valence-electron chi connectivity index (χ0n) is 6.88. The first-order chi connectivity index (χ1) is 5.81. The van der Waals surface area contributed by atoms with Gasteiger partial charge in [0.2, 0.25) is 0 Å². The maximum Gasteiger partial charge on any atom is 0.132 e. The number of pyridine rings is 1. The third-order valence-corrected chi connectivity index (χ3v) is 2.31. The molecule has 1 aromatic heterocycles. The molecule has 64 valence electrons. The normalized spacial score (nSPS) is 16.2. The summed E-state index contributed by atoms with van der Waals surface area (Å²) in [7, 11) is 1.66. The molecular formula is C9H10ClNO. The average molecular weight is 184 g/mol. The predicted molar refractivity (Wildman–Crippen MR) is 47.8 cm³/mol. The van der Waals surface area contributed by atoms with Gasteiger partial charge in [-0.25, -0.2) is 4.98 Å². The minimum Gasteiger partial charge on any atom is -0.496 e. The molecule has 0 radical (unpaired) electrons. The van der Waals surface area contributed by atoms with Gasteiger partial charge in [-0.3, -0.25) is 0 Å². The standard InChI is InChI=1S/C9H10ClNO/c1-12-8-4-9(10)11-5-7(8)6-2-3-6/h4-6H,2-3H2,1H3. The van der Waals surface area contributed by atoms with Crippen molar-refractivity contribution in [1.29, 1.82) is 0 Å². The van der Waals surface area contributed by atoms with Gasteiger partial charge in [0.15, 0.2) is 0 Å². The van der Waals surface area contributed by atoms with Gasteiger partial charge in [0.25, 0.3) is 0 Å². The summed E-state index contributed by atoms with van der Waals surface area (Å²) in [5.74, 6) is 1.53. The summed E-state index contributed by atoms with van der Waals surface area (Å²) in [5.41, 5.74) is 1.20. The van der Waals surface area contributed by atoms with Crippen molar-refractivity contribution in [3.63, 3.8) is 0 Å². The van der Waals surface area contributed by atoms with E-state index in [-0.39, 0.29) is 0 Å². The van der Waals surface area contributed by atoms with Crippen LogP contribution in [0.5, 0.6) is 5.75 Å². The van der Waals surface area contributed by atoms with E-state index in [1.165, 1.54) is 18.4 Å². The van der Waals surface area contributed by atoms with Crippen LogP contribution in [0.1, 0.15) is 24.3 Å². The van der Waals surface area contributed by atoms with Crippen LogP contribution in [0.2, 0.25) is 5.15 Å². The largest absolute Gasteiger partial charge is 0.496 e. The number of methoxy groups -OCH3 is 1. The number of rotatable bonds is 2. The Morgan fingerprint density at radius 1 is 1.58 bits per heavy atom. The SMILES string of the molecule is COc1cc(Cl)ncc1C1CC1. The maximum absolute atomic E-state index is 5.73. The molecule has 1 aromatic rings. The van der Waals surface area contributed by atoms with Crippen LogP contribution in [-0.4, -0.2) is 12.1 Å². The molecule has 1 aliphatic rings. The first-order valence-corrected chi connectivity index (χ1v) is 4.38. The number of nitrogens with zero attached hydrogens (tertiary/aromatic N) is 1. The minimum atomic E-state index is 0.497. The predicted octanol–water partition coefficient (Wildman–Crippen LogP) is 2.62. The fourth-order valence-electron chi connectivity index (χ4n) is 1.30. The molecule has 12 heavy (non-hydrogen) atoms. The quantitative estimate of drug-likeness (QED) is 0.658. The smallest absolute Gasteiger partial charge is 0.132 e. The highest BCUT2D eigenvalue weighted by Gasteiger charge is 2.27. The molecule has 1 fully saturated rings. The van der Waals surface area contributed by atoms with Gasteiger partial charge in [0.1, 0.15) is 10.9 Å². The van der Waals surface area contributed by atoms with Crippen molar-refractivity contribution in [3.05, 3.63) is 23.0 Å². The van der Waals surface area contributed by atoms with Crippen LogP contribution >= 0.6 is 11.6 Å². The lowest BCUT2D eigenvalue weighted by molar-refractivity contribution is 0.409. The molecule has 1 aliphatic carbocycles. The molecule has 3 heteroatoms. The van der Waals surface area contributed by atoms with Gasteiger partial charge in [0, 0.05) is 17.8 Å². The monoisotopic (exact) mass is 183 g/mol. The second-order valence-corrected chi connectivity index (χ2v) is 3.41. The van der Waals surface area contributed by atoms with Crippen molar-refractivity contribution in [2.75, 3.05) is 7.11 Å². The Balaban J connectivity index is 2.38. The van der Waals surface area contributed by atoms with Crippen LogP contribution in [0.4, 0.5) is 0 Å². The van der Waals surface area contributed by atoms with Crippen molar-refractivity contribution >= 4 is 11.6 Å². The number of hydrogen-bond donors (Lipinski definition) is 0. The molecule has 0 bridgehead atoms. The zero-order chi connectivity index (χ0) is 8.55. The summed E-state index contributed by atoms with van der Waals surface area (Å²) in [6, 6.07) is 1.77. The molecule has 0 amide bonds. The zero-order valence-corrected chi connectivity index (χ0v) is 7.64. The third-order valence-electron chi connectivity index (χ3n) is 2.10. The Kier molecular flexibility index (Phi) is 1.93. The Morgan fingerprint density at radius 2 is 2.33 bits per heavy atom. The van der Waals surface area contributed by atoms with Crippen LogP contribution in [0.3, 0.4) is 0 Å². The van der Waals surface area contributed by atoms with E-state index < -0.39 is 0 Å². The molecule has 1 saturated carbocycles. The summed E-state index contributed by atoms with van der Waals surface area (Å²) < 4.78 is 5.20. The van der Waals surface area contributed by atoms with Crippen LogP contribution < -0.4 is 4.74 Å². The molecule has 2 nitrogen and oxygen atoms in total. The molecule has 0 unspecified atom stereocenters. The molecule has 0 N–H and O–H groups in total. The van der Waals surface area contributed by atoms with Gasteiger partial charge < -0.3 is 4.74 Å². The van der Waals surface area contributed by atoms with Gasteiger partial charge in [0.05, 0.1) is 7.11 Å². The number of hydrogen-bond acceptors (Lipinski definition) is 2. The number of aromatic nitrogens is 1. The van der Waals surface area contributed by atoms with E-state index in [0.29, 0.717) is 11.1 Å². The summed E-state index contributed by atoms with van der Waals surface area (Å²) in [6.45, 7) is 0. The van der Waals surface area contributed by atoms with Crippen molar-refractivity contribution in [1.82, 2.24) is 4.98 Å². The summed E-state index contributed by atoms with van der Waals surface area (Å²) in [4.78, 5) is 4.03. The molecular weight excluding hydrogens is 174 g/mol. The van der Waals surface area contributed by atoms with Crippen LogP contribution in [0, 0.1) is 0 Å². The maximum atomic E-state index is 5.73. The Morgan fingerprint density at radius 3 is 2.92 bits per heavy atom. The van der Waals surface area contributed by atoms with Gasteiger partial charge >= 0.3 is 0 Å². The van der Waals surface area contributed by atoms with E-state index in [1.807, 2.05) is 6.20 Å².